The molecule has 4 rings (SSSR count). The van der Waals surface area contributed by atoms with E-state index in [4.69, 9.17) is 0 Å². The van der Waals surface area contributed by atoms with Crippen molar-refractivity contribution in [2.75, 3.05) is 0 Å². The van der Waals surface area contributed by atoms with Crippen LogP contribution in [0.2, 0.25) is 0 Å². The molecule has 2 N–H and O–H groups in total. The van der Waals surface area contributed by atoms with Crippen LogP contribution in [0.5, 0.6) is 5.75 Å². The Kier molecular flexibility index (Phi) is 4.28. The van der Waals surface area contributed by atoms with Gasteiger partial charge in [-0.2, -0.15) is 0 Å². The first-order valence-electron chi connectivity index (χ1n) is 9.39. The molecule has 26 heavy (non-hydrogen) atoms. The SMILES string of the molecule is Cc1cc(C)c(O)c(CN2[C@@H]3CC[C@H]2CC(O)(c2ccccc2F)C3)c1. The van der Waals surface area contributed by atoms with Gasteiger partial charge in [-0.15, -0.1) is 0 Å². The smallest absolute Gasteiger partial charge is 0.129 e. The van der Waals surface area contributed by atoms with Gasteiger partial charge in [0, 0.05) is 29.8 Å². The Hall–Kier alpha value is -1.91. The van der Waals surface area contributed by atoms with Crippen molar-refractivity contribution in [1.82, 2.24) is 4.90 Å². The molecule has 0 radical (unpaired) electrons. The van der Waals surface area contributed by atoms with Gasteiger partial charge >= 0.3 is 0 Å². The van der Waals surface area contributed by atoms with Crippen molar-refractivity contribution < 1.29 is 14.6 Å². The molecule has 2 fully saturated rings. The summed E-state index contributed by atoms with van der Waals surface area (Å²) in [7, 11) is 0. The van der Waals surface area contributed by atoms with E-state index in [0.717, 1.165) is 29.5 Å². The second-order valence-electron chi connectivity index (χ2n) is 8.07. The van der Waals surface area contributed by atoms with Crippen molar-refractivity contribution in [1.29, 1.82) is 0 Å². The lowest BCUT2D eigenvalue weighted by Gasteiger charge is -2.44. The predicted molar refractivity (Wildman–Crippen MR) is 99.5 cm³/mol. The zero-order chi connectivity index (χ0) is 18.5. The molecule has 2 bridgehead atoms. The molecule has 2 saturated heterocycles. The van der Waals surface area contributed by atoms with Crippen LogP contribution < -0.4 is 0 Å². The van der Waals surface area contributed by atoms with Gasteiger partial charge in [0.15, 0.2) is 0 Å². The molecule has 3 nitrogen and oxygen atoms in total. The van der Waals surface area contributed by atoms with Crippen molar-refractivity contribution in [2.24, 2.45) is 0 Å². The average molecular weight is 355 g/mol. The number of hydrogen-bond acceptors (Lipinski definition) is 3. The Bertz CT molecular complexity index is 821. The minimum atomic E-state index is -1.10. The highest BCUT2D eigenvalue weighted by molar-refractivity contribution is 5.42. The summed E-state index contributed by atoms with van der Waals surface area (Å²) in [6, 6.07) is 11.0. The van der Waals surface area contributed by atoms with Crippen LogP contribution in [0, 0.1) is 19.7 Å². The molecule has 0 spiro atoms. The molecule has 2 aromatic rings. The van der Waals surface area contributed by atoms with E-state index >= 15 is 0 Å². The highest BCUT2D eigenvalue weighted by atomic mass is 19.1. The van der Waals surface area contributed by atoms with Gasteiger partial charge in [0.05, 0.1) is 5.60 Å². The number of aryl methyl sites for hydroxylation is 2. The molecular weight excluding hydrogens is 329 g/mol. The molecule has 2 aliphatic heterocycles. The van der Waals surface area contributed by atoms with Crippen LogP contribution in [0.4, 0.5) is 4.39 Å². The summed E-state index contributed by atoms with van der Waals surface area (Å²) < 4.78 is 14.3. The quantitative estimate of drug-likeness (QED) is 0.869. The highest BCUT2D eigenvalue weighted by Gasteiger charge is 2.49. The Morgan fingerprint density at radius 3 is 2.42 bits per heavy atom. The predicted octanol–water partition coefficient (Wildman–Crippen LogP) is 4.16. The molecule has 0 amide bonds. The van der Waals surface area contributed by atoms with Gasteiger partial charge < -0.3 is 10.2 Å². The number of piperidine rings is 1. The van der Waals surface area contributed by atoms with Gasteiger partial charge in [-0.3, -0.25) is 4.90 Å². The maximum Gasteiger partial charge on any atom is 0.129 e. The molecular formula is C22H26FNO2. The highest BCUT2D eigenvalue weighted by Crippen LogP contribution is 2.47. The first-order chi connectivity index (χ1) is 12.4. The number of nitrogens with zero attached hydrogens (tertiary/aromatic N) is 1. The Labute approximate surface area is 154 Å². The van der Waals surface area contributed by atoms with E-state index in [2.05, 4.69) is 4.90 Å². The van der Waals surface area contributed by atoms with Crippen molar-refractivity contribution in [3.63, 3.8) is 0 Å². The van der Waals surface area contributed by atoms with Crippen molar-refractivity contribution in [3.8, 4) is 5.75 Å². The van der Waals surface area contributed by atoms with E-state index in [1.54, 1.807) is 18.2 Å². The maximum atomic E-state index is 14.3. The number of aliphatic hydroxyl groups is 1. The molecule has 4 heteroatoms. The van der Waals surface area contributed by atoms with E-state index in [1.165, 1.54) is 6.07 Å². The lowest BCUT2D eigenvalue weighted by molar-refractivity contribution is -0.0616. The van der Waals surface area contributed by atoms with Crippen molar-refractivity contribution in [2.45, 2.75) is 63.8 Å². The molecule has 2 aromatic carbocycles. The summed E-state index contributed by atoms with van der Waals surface area (Å²) in [4.78, 5) is 2.39. The third kappa shape index (κ3) is 2.91. The van der Waals surface area contributed by atoms with Gasteiger partial charge in [0.1, 0.15) is 11.6 Å². The van der Waals surface area contributed by atoms with Gasteiger partial charge in [-0.25, -0.2) is 4.39 Å². The van der Waals surface area contributed by atoms with E-state index in [0.29, 0.717) is 30.7 Å². The van der Waals surface area contributed by atoms with E-state index < -0.39 is 5.60 Å². The third-order valence-corrected chi connectivity index (χ3v) is 6.17. The van der Waals surface area contributed by atoms with E-state index in [-0.39, 0.29) is 17.9 Å². The van der Waals surface area contributed by atoms with Crippen LogP contribution in [0.1, 0.15) is 47.9 Å². The van der Waals surface area contributed by atoms with Crippen LogP contribution in [0.3, 0.4) is 0 Å². The van der Waals surface area contributed by atoms with Crippen molar-refractivity contribution in [3.05, 3.63) is 64.5 Å². The molecule has 2 heterocycles. The fourth-order valence-corrected chi connectivity index (χ4v) is 5.00. The minimum absolute atomic E-state index is 0.207. The number of halogens is 1. The largest absolute Gasteiger partial charge is 0.507 e. The van der Waals surface area contributed by atoms with Crippen LogP contribution in [-0.2, 0) is 12.1 Å². The normalized spacial score (nSPS) is 28.5. The number of aromatic hydroxyl groups is 1. The van der Waals surface area contributed by atoms with Gasteiger partial charge in [0.2, 0.25) is 0 Å². The topological polar surface area (TPSA) is 43.7 Å². The fraction of sp³-hybridized carbons (Fsp3) is 0.455. The number of fused-ring (bicyclic) bond motifs is 2. The molecule has 0 aromatic heterocycles. The summed E-state index contributed by atoms with van der Waals surface area (Å²) in [5.41, 5.74) is 2.30. The van der Waals surface area contributed by atoms with Crippen LogP contribution >= 0.6 is 0 Å². The number of hydrogen-bond donors (Lipinski definition) is 2. The number of rotatable bonds is 3. The van der Waals surface area contributed by atoms with Gasteiger partial charge in [-0.05, 0) is 51.2 Å². The van der Waals surface area contributed by atoms with Crippen LogP contribution in [-0.4, -0.2) is 27.2 Å². The molecule has 3 atom stereocenters. The van der Waals surface area contributed by atoms with Crippen LogP contribution in [0.25, 0.3) is 0 Å². The lowest BCUT2D eigenvalue weighted by Crippen LogP contribution is -2.49. The summed E-state index contributed by atoms with van der Waals surface area (Å²) in [6.07, 6.45) is 3.09. The Balaban J connectivity index is 1.59. The molecule has 0 aliphatic carbocycles. The Morgan fingerprint density at radius 2 is 1.77 bits per heavy atom. The lowest BCUT2D eigenvalue weighted by atomic mass is 9.80. The van der Waals surface area contributed by atoms with Crippen molar-refractivity contribution >= 4 is 0 Å². The second-order valence-corrected chi connectivity index (χ2v) is 8.07. The summed E-state index contributed by atoms with van der Waals surface area (Å²) in [5, 5.41) is 21.7. The zero-order valence-corrected chi connectivity index (χ0v) is 15.4. The molecule has 2 aliphatic rings. The molecule has 0 saturated carbocycles. The monoisotopic (exact) mass is 355 g/mol. The minimum Gasteiger partial charge on any atom is -0.507 e. The van der Waals surface area contributed by atoms with Gasteiger partial charge in [-0.1, -0.05) is 35.9 Å². The first kappa shape index (κ1) is 17.5. The number of phenolic OH excluding ortho intramolecular Hbond substituents is 1. The summed E-state index contributed by atoms with van der Waals surface area (Å²) in [6.45, 7) is 4.64. The second kappa shape index (κ2) is 6.36. The average Bonchev–Trinajstić information content (AvgIpc) is 2.83. The van der Waals surface area contributed by atoms with Gasteiger partial charge in [0.25, 0.3) is 0 Å². The zero-order valence-electron chi connectivity index (χ0n) is 15.4. The maximum absolute atomic E-state index is 14.3. The molecule has 1 unspecified atom stereocenters. The summed E-state index contributed by atoms with van der Waals surface area (Å²) >= 11 is 0. The first-order valence-corrected chi connectivity index (χ1v) is 9.39. The Morgan fingerprint density at radius 1 is 1.12 bits per heavy atom. The number of benzene rings is 2. The van der Waals surface area contributed by atoms with E-state index in [9.17, 15) is 14.6 Å². The summed E-state index contributed by atoms with van der Waals surface area (Å²) in [5.74, 6) is 0.0414. The third-order valence-electron chi connectivity index (χ3n) is 6.17. The fourth-order valence-electron chi connectivity index (χ4n) is 5.00. The number of phenols is 1. The van der Waals surface area contributed by atoms with E-state index in [1.807, 2.05) is 26.0 Å². The molecule has 138 valence electrons. The standard InChI is InChI=1S/C22H26FNO2/c1-14-9-15(2)21(25)16(10-14)13-24-17-7-8-18(24)12-22(26,11-17)19-5-3-4-6-20(19)23/h3-6,9-10,17-18,25-26H,7-8,11-13H2,1-2H3/t17-,18+,22?. The van der Waals surface area contributed by atoms with Crippen LogP contribution in [0.15, 0.2) is 36.4 Å².